The maximum Gasteiger partial charge on any atom is 0.243 e. The zero-order valence-corrected chi connectivity index (χ0v) is 14.7. The molecular weight excluding hydrogens is 308 g/mol. The molecule has 1 aromatic rings. The quantitative estimate of drug-likeness (QED) is 0.795. The second kappa shape index (κ2) is 6.38. The van der Waals surface area contributed by atoms with E-state index >= 15 is 0 Å². The summed E-state index contributed by atoms with van der Waals surface area (Å²) in [6.45, 7) is 8.95. The largest absolute Gasteiger partial charge is 0.293 e. The molecule has 2 fully saturated rings. The maximum atomic E-state index is 13.0. The van der Waals surface area contributed by atoms with Gasteiger partial charge in [0.15, 0.2) is 0 Å². The average molecular weight is 334 g/mol. The van der Waals surface area contributed by atoms with Gasteiger partial charge in [0.05, 0.1) is 4.90 Å². The van der Waals surface area contributed by atoms with Crippen molar-refractivity contribution in [2.24, 2.45) is 0 Å². The number of likely N-dealkylation sites (tertiary alicyclic amines) is 1. The van der Waals surface area contributed by atoms with Crippen LogP contribution in [0.2, 0.25) is 0 Å². The van der Waals surface area contributed by atoms with Crippen LogP contribution in [0.1, 0.15) is 31.2 Å². The average Bonchev–Trinajstić information content (AvgIpc) is 2.90. The van der Waals surface area contributed by atoms with E-state index in [-0.39, 0.29) is 5.54 Å². The number of benzene rings is 1. The van der Waals surface area contributed by atoms with Crippen LogP contribution in [0.5, 0.6) is 0 Å². The first kappa shape index (κ1) is 16.7. The lowest BCUT2D eigenvalue weighted by molar-refractivity contribution is 0.0841. The van der Waals surface area contributed by atoms with E-state index in [2.05, 4.69) is 11.5 Å². The van der Waals surface area contributed by atoms with Crippen LogP contribution in [0, 0.1) is 6.92 Å². The summed E-state index contributed by atoms with van der Waals surface area (Å²) in [7, 11) is -3.40. The molecule has 0 saturated carbocycles. The van der Waals surface area contributed by atoms with Crippen LogP contribution < -0.4 is 0 Å². The van der Waals surface area contributed by atoms with Crippen molar-refractivity contribution in [1.29, 1.82) is 0 Å². The molecule has 126 valence electrons. The first-order valence-corrected chi connectivity index (χ1v) is 9.85. The van der Waals surface area contributed by atoms with E-state index in [0.717, 1.165) is 44.3 Å². The fourth-order valence-electron chi connectivity index (χ4n) is 4.03. The summed E-state index contributed by atoms with van der Waals surface area (Å²) in [5, 5.41) is 0. The van der Waals surface area contributed by atoms with Crippen LogP contribution in [0.25, 0.3) is 0 Å². The number of piperidine rings is 1. The first-order valence-electron chi connectivity index (χ1n) is 8.41. The number of rotatable bonds is 4. The highest BCUT2D eigenvalue weighted by molar-refractivity contribution is 7.89. The second-order valence-corrected chi connectivity index (χ2v) is 8.76. The zero-order valence-electron chi connectivity index (χ0n) is 13.9. The molecule has 0 aromatic heterocycles. The minimum absolute atomic E-state index is 0.00417. The standard InChI is InChI=1S/C18H26N2O2S/c1-3-12-19-13-4-10-18(19)11-5-14-20(15-18)23(21,22)17-8-6-16(2)7-9-17/h3,6-9H,1,4-5,10-15H2,2H3. The lowest BCUT2D eigenvalue weighted by Crippen LogP contribution is -2.56. The highest BCUT2D eigenvalue weighted by Crippen LogP contribution is 2.38. The Balaban J connectivity index is 1.85. The molecule has 2 aliphatic heterocycles. The van der Waals surface area contributed by atoms with Gasteiger partial charge in [0.2, 0.25) is 10.0 Å². The van der Waals surface area contributed by atoms with Crippen molar-refractivity contribution in [2.45, 2.75) is 43.0 Å². The minimum atomic E-state index is -3.40. The van der Waals surface area contributed by atoms with E-state index in [1.807, 2.05) is 25.1 Å². The molecule has 2 saturated heterocycles. The number of sulfonamides is 1. The Morgan fingerprint density at radius 3 is 2.48 bits per heavy atom. The van der Waals surface area contributed by atoms with Gasteiger partial charge in [0.25, 0.3) is 0 Å². The third-order valence-corrected chi connectivity index (χ3v) is 7.13. The monoisotopic (exact) mass is 334 g/mol. The molecule has 1 aromatic carbocycles. The third kappa shape index (κ3) is 3.10. The Kier molecular flexibility index (Phi) is 4.63. The number of hydrogen-bond acceptors (Lipinski definition) is 3. The van der Waals surface area contributed by atoms with Crippen molar-refractivity contribution >= 4 is 10.0 Å². The van der Waals surface area contributed by atoms with E-state index < -0.39 is 10.0 Å². The molecule has 0 amide bonds. The predicted molar refractivity (Wildman–Crippen MR) is 92.9 cm³/mol. The van der Waals surface area contributed by atoms with Crippen molar-refractivity contribution < 1.29 is 8.42 Å². The Labute approximate surface area is 139 Å². The van der Waals surface area contributed by atoms with E-state index in [1.54, 1.807) is 16.4 Å². The zero-order chi connectivity index (χ0) is 16.5. The van der Waals surface area contributed by atoms with Crippen LogP contribution in [-0.4, -0.2) is 49.3 Å². The van der Waals surface area contributed by atoms with Gasteiger partial charge in [-0.15, -0.1) is 6.58 Å². The van der Waals surface area contributed by atoms with Gasteiger partial charge < -0.3 is 0 Å². The molecular formula is C18H26N2O2S. The van der Waals surface area contributed by atoms with Gasteiger partial charge in [-0.3, -0.25) is 4.90 Å². The SMILES string of the molecule is C=CCN1CCCC12CCCN(S(=O)(=O)c1ccc(C)cc1)C2. The third-order valence-electron chi connectivity index (χ3n) is 5.27. The maximum absolute atomic E-state index is 13.0. The Morgan fingerprint density at radius 1 is 1.17 bits per heavy atom. The molecule has 2 heterocycles. The first-order chi connectivity index (χ1) is 11.0. The lowest BCUT2D eigenvalue weighted by atomic mass is 9.87. The second-order valence-electron chi connectivity index (χ2n) is 6.82. The summed E-state index contributed by atoms with van der Waals surface area (Å²) in [4.78, 5) is 2.84. The molecule has 1 spiro atoms. The summed E-state index contributed by atoms with van der Waals surface area (Å²) in [5.41, 5.74) is 1.08. The van der Waals surface area contributed by atoms with Crippen LogP contribution >= 0.6 is 0 Å². The van der Waals surface area contributed by atoms with E-state index in [4.69, 9.17) is 0 Å². The highest BCUT2D eigenvalue weighted by Gasteiger charge is 2.45. The minimum Gasteiger partial charge on any atom is -0.293 e. The fraction of sp³-hybridized carbons (Fsp3) is 0.556. The van der Waals surface area contributed by atoms with Crippen molar-refractivity contribution in [3.63, 3.8) is 0 Å². The molecule has 0 aliphatic carbocycles. The number of aryl methyl sites for hydroxylation is 1. The lowest BCUT2D eigenvalue weighted by Gasteiger charge is -2.45. The summed E-state index contributed by atoms with van der Waals surface area (Å²) < 4.78 is 27.7. The van der Waals surface area contributed by atoms with Crippen LogP contribution in [-0.2, 0) is 10.0 Å². The molecule has 23 heavy (non-hydrogen) atoms. The number of nitrogens with zero attached hydrogens (tertiary/aromatic N) is 2. The molecule has 3 rings (SSSR count). The summed E-state index contributed by atoms with van der Waals surface area (Å²) in [6.07, 6.45) is 6.17. The summed E-state index contributed by atoms with van der Waals surface area (Å²) in [5.74, 6) is 0. The molecule has 0 N–H and O–H groups in total. The molecule has 2 aliphatic rings. The van der Waals surface area contributed by atoms with Crippen molar-refractivity contribution in [3.8, 4) is 0 Å². The smallest absolute Gasteiger partial charge is 0.243 e. The van der Waals surface area contributed by atoms with E-state index in [9.17, 15) is 8.42 Å². The molecule has 0 bridgehead atoms. The van der Waals surface area contributed by atoms with Gasteiger partial charge in [-0.05, 0) is 51.3 Å². The van der Waals surface area contributed by atoms with Crippen LogP contribution in [0.3, 0.4) is 0 Å². The van der Waals surface area contributed by atoms with Gasteiger partial charge in [-0.2, -0.15) is 4.31 Å². The van der Waals surface area contributed by atoms with Crippen molar-refractivity contribution in [3.05, 3.63) is 42.5 Å². The van der Waals surface area contributed by atoms with Crippen molar-refractivity contribution in [2.75, 3.05) is 26.2 Å². The van der Waals surface area contributed by atoms with Crippen LogP contribution in [0.4, 0.5) is 0 Å². The van der Waals surface area contributed by atoms with E-state index in [1.165, 1.54) is 0 Å². The number of hydrogen-bond donors (Lipinski definition) is 0. The molecule has 1 atom stereocenters. The Morgan fingerprint density at radius 2 is 1.83 bits per heavy atom. The summed E-state index contributed by atoms with van der Waals surface area (Å²) >= 11 is 0. The molecule has 0 radical (unpaired) electrons. The molecule has 5 heteroatoms. The van der Waals surface area contributed by atoms with Gasteiger partial charge in [0, 0.05) is 25.2 Å². The molecule has 1 unspecified atom stereocenters. The van der Waals surface area contributed by atoms with E-state index in [0.29, 0.717) is 18.0 Å². The fourth-order valence-corrected chi connectivity index (χ4v) is 5.59. The highest BCUT2D eigenvalue weighted by atomic mass is 32.2. The topological polar surface area (TPSA) is 40.6 Å². The van der Waals surface area contributed by atoms with Crippen molar-refractivity contribution in [1.82, 2.24) is 9.21 Å². The Bertz CT molecular complexity index is 669. The predicted octanol–water partition coefficient (Wildman–Crippen LogP) is 2.80. The van der Waals surface area contributed by atoms with Gasteiger partial charge in [-0.1, -0.05) is 23.8 Å². The molecule has 4 nitrogen and oxygen atoms in total. The van der Waals surface area contributed by atoms with Gasteiger partial charge >= 0.3 is 0 Å². The Hall–Kier alpha value is -1.17. The van der Waals surface area contributed by atoms with Crippen LogP contribution in [0.15, 0.2) is 41.8 Å². The normalized spacial score (nSPS) is 26.7. The van der Waals surface area contributed by atoms with Gasteiger partial charge in [-0.25, -0.2) is 8.42 Å². The van der Waals surface area contributed by atoms with Gasteiger partial charge in [0.1, 0.15) is 0 Å². The summed E-state index contributed by atoms with van der Waals surface area (Å²) in [6, 6.07) is 7.18.